The van der Waals surface area contributed by atoms with Gasteiger partial charge in [-0.2, -0.15) is 10.2 Å². The minimum atomic E-state index is -0.166. The largest absolute Gasteiger partial charge is 0.507 e. The summed E-state index contributed by atoms with van der Waals surface area (Å²) in [5, 5.41) is 45.2. The number of likely N-dealkylation sites (N-methyl/N-ethyl adjacent to an activating group) is 1. The summed E-state index contributed by atoms with van der Waals surface area (Å²) in [6, 6.07) is 22.9. The molecule has 5 rings (SSSR count). The lowest BCUT2D eigenvalue weighted by Crippen LogP contribution is -2.33. The van der Waals surface area contributed by atoms with Crippen LogP contribution in [0.5, 0.6) is 17.2 Å². The molecule has 0 heterocycles. The second kappa shape index (κ2) is 17.6. The van der Waals surface area contributed by atoms with Crippen molar-refractivity contribution in [2.75, 3.05) is 39.1 Å². The van der Waals surface area contributed by atoms with Crippen LogP contribution in [0.2, 0.25) is 0 Å². The Bertz CT molecular complexity index is 2190. The minimum absolute atomic E-state index is 0.166. The number of carbonyl (C=O) groups is 1. The molecule has 0 spiro atoms. The van der Waals surface area contributed by atoms with Crippen LogP contribution in [-0.4, -0.2) is 60.4 Å². The molecule has 0 atom stereocenters. The van der Waals surface area contributed by atoms with Crippen molar-refractivity contribution in [3.63, 3.8) is 0 Å². The highest BCUT2D eigenvalue weighted by Gasteiger charge is 2.21. The lowest BCUT2D eigenvalue weighted by Gasteiger charge is -2.23. The highest BCUT2D eigenvalue weighted by Crippen LogP contribution is 2.37. The van der Waals surface area contributed by atoms with Crippen LogP contribution in [0.25, 0.3) is 0 Å². The quantitative estimate of drug-likeness (QED) is 0.0842. The van der Waals surface area contributed by atoms with Crippen LogP contribution in [-0.2, 0) is 25.8 Å². The van der Waals surface area contributed by atoms with Crippen molar-refractivity contribution in [2.24, 2.45) is 10.2 Å². The molecule has 288 valence electrons. The third-order valence-electron chi connectivity index (χ3n) is 10.5. The summed E-state index contributed by atoms with van der Waals surface area (Å²) in [5.41, 5.74) is 13.1. The zero-order chi connectivity index (χ0) is 40.0. The first-order valence-corrected chi connectivity index (χ1v) is 18.9. The SMILES string of the molecule is CCc1c(C)c(Cc2cc(CN(C)CCNC(=O)c3ccc(N=Nc4ccc(N(C)C)cc4)cc3)c(C)c(Cc3cc(C)cc(C)c3O)c2O)cc(C)c1O. The molecule has 0 aliphatic rings. The van der Waals surface area contributed by atoms with Crippen molar-refractivity contribution < 1.29 is 20.1 Å². The molecule has 0 aliphatic heterocycles. The van der Waals surface area contributed by atoms with Gasteiger partial charge in [-0.15, -0.1) is 0 Å². The molecule has 9 nitrogen and oxygen atoms in total. The van der Waals surface area contributed by atoms with E-state index in [-0.39, 0.29) is 17.4 Å². The molecule has 4 N–H and O–H groups in total. The number of carbonyl (C=O) groups excluding carboxylic acids is 1. The molecule has 0 unspecified atom stereocenters. The van der Waals surface area contributed by atoms with Crippen LogP contribution in [0, 0.1) is 34.6 Å². The number of nitrogens with zero attached hydrogens (tertiary/aromatic N) is 4. The fourth-order valence-corrected chi connectivity index (χ4v) is 7.15. The molecule has 55 heavy (non-hydrogen) atoms. The van der Waals surface area contributed by atoms with Gasteiger partial charge < -0.3 is 30.4 Å². The number of anilines is 1. The van der Waals surface area contributed by atoms with Crippen LogP contribution in [0.3, 0.4) is 0 Å². The van der Waals surface area contributed by atoms with Crippen molar-refractivity contribution in [3.05, 3.63) is 140 Å². The second-order valence-corrected chi connectivity index (χ2v) is 14.9. The molecule has 5 aromatic rings. The summed E-state index contributed by atoms with van der Waals surface area (Å²) >= 11 is 0. The van der Waals surface area contributed by atoms with Gasteiger partial charge in [0.25, 0.3) is 5.91 Å². The first-order valence-electron chi connectivity index (χ1n) is 18.9. The van der Waals surface area contributed by atoms with Crippen LogP contribution < -0.4 is 10.2 Å². The summed E-state index contributed by atoms with van der Waals surface area (Å²) in [6.45, 7) is 13.5. The van der Waals surface area contributed by atoms with Gasteiger partial charge in [-0.25, -0.2) is 0 Å². The molecule has 9 heteroatoms. The van der Waals surface area contributed by atoms with Gasteiger partial charge in [0.2, 0.25) is 0 Å². The Hall–Kier alpha value is -5.67. The molecular weight excluding hydrogens is 687 g/mol. The van der Waals surface area contributed by atoms with Crippen molar-refractivity contribution in [1.29, 1.82) is 0 Å². The number of hydrogen-bond donors (Lipinski definition) is 4. The number of aryl methyl sites for hydroxylation is 3. The molecule has 0 aliphatic carbocycles. The number of hydrogen-bond acceptors (Lipinski definition) is 8. The van der Waals surface area contributed by atoms with E-state index in [1.165, 1.54) is 0 Å². The third kappa shape index (κ3) is 9.72. The summed E-state index contributed by atoms with van der Waals surface area (Å²) < 4.78 is 0. The van der Waals surface area contributed by atoms with Gasteiger partial charge in [-0.05, 0) is 147 Å². The van der Waals surface area contributed by atoms with E-state index >= 15 is 0 Å². The van der Waals surface area contributed by atoms with Gasteiger partial charge >= 0.3 is 0 Å². The lowest BCUT2D eigenvalue weighted by atomic mass is 9.87. The number of azo groups is 1. The fraction of sp³-hybridized carbons (Fsp3) is 0.326. The Morgan fingerprint density at radius 3 is 1.85 bits per heavy atom. The number of amides is 1. The number of rotatable bonds is 14. The van der Waals surface area contributed by atoms with E-state index in [2.05, 4.69) is 26.5 Å². The van der Waals surface area contributed by atoms with E-state index in [1.807, 2.05) is 110 Å². The highest BCUT2D eigenvalue weighted by molar-refractivity contribution is 5.94. The zero-order valence-corrected chi connectivity index (χ0v) is 33.7. The van der Waals surface area contributed by atoms with Gasteiger partial charge in [0.15, 0.2) is 0 Å². The monoisotopic (exact) mass is 741 g/mol. The zero-order valence-electron chi connectivity index (χ0n) is 33.7. The molecule has 0 saturated carbocycles. The van der Waals surface area contributed by atoms with E-state index in [1.54, 1.807) is 24.3 Å². The highest BCUT2D eigenvalue weighted by atomic mass is 16.3. The second-order valence-electron chi connectivity index (χ2n) is 14.9. The molecule has 0 radical (unpaired) electrons. The third-order valence-corrected chi connectivity index (χ3v) is 10.5. The predicted molar refractivity (Wildman–Crippen MR) is 223 cm³/mol. The standard InChI is InChI=1S/C46H55N5O4/c1-10-41-31(5)34(23-30(4)44(41)53)24-36-25-37(32(6)42(45(36)54)26-35-22-28(2)21-29(3)43(35)52)27-51(9)20-19-47-46(55)33-11-13-38(14-12-33)48-49-39-15-17-40(18-16-39)50(7)8/h11-18,21-23,25,52-54H,10,19-20,24,26-27H2,1-9H3,(H,47,55). The van der Waals surface area contributed by atoms with E-state index in [0.717, 1.165) is 72.6 Å². The normalized spacial score (nSPS) is 11.5. The minimum Gasteiger partial charge on any atom is -0.507 e. The van der Waals surface area contributed by atoms with Gasteiger partial charge in [0.1, 0.15) is 17.2 Å². The Balaban J connectivity index is 1.30. The van der Waals surface area contributed by atoms with Crippen molar-refractivity contribution in [3.8, 4) is 17.2 Å². The first-order chi connectivity index (χ1) is 26.2. The fourth-order valence-electron chi connectivity index (χ4n) is 7.15. The van der Waals surface area contributed by atoms with Gasteiger partial charge in [0.05, 0.1) is 11.4 Å². The number of nitrogens with one attached hydrogen (secondary N) is 1. The summed E-state index contributed by atoms with van der Waals surface area (Å²) in [5.74, 6) is 0.635. The summed E-state index contributed by atoms with van der Waals surface area (Å²) in [4.78, 5) is 17.2. The van der Waals surface area contributed by atoms with Crippen molar-refractivity contribution in [2.45, 2.75) is 67.3 Å². The van der Waals surface area contributed by atoms with Crippen molar-refractivity contribution >= 4 is 23.0 Å². The lowest BCUT2D eigenvalue weighted by molar-refractivity contribution is 0.0949. The molecule has 0 saturated heterocycles. The average molecular weight is 742 g/mol. The molecular formula is C46H55N5O4. The molecule has 0 aromatic heterocycles. The maximum Gasteiger partial charge on any atom is 0.251 e. The first kappa shape index (κ1) is 40.5. The maximum atomic E-state index is 13.0. The van der Waals surface area contributed by atoms with E-state index in [9.17, 15) is 20.1 Å². The average Bonchev–Trinajstić information content (AvgIpc) is 3.15. The Kier molecular flexibility index (Phi) is 13.0. The summed E-state index contributed by atoms with van der Waals surface area (Å²) in [7, 11) is 5.99. The molecule has 0 bridgehead atoms. The van der Waals surface area contributed by atoms with Crippen LogP contribution in [0.4, 0.5) is 17.1 Å². The molecule has 1 amide bonds. The van der Waals surface area contributed by atoms with Gasteiger partial charge in [-0.3, -0.25) is 4.79 Å². The Morgan fingerprint density at radius 1 is 0.655 bits per heavy atom. The number of aromatic hydroxyl groups is 3. The molecule has 5 aromatic carbocycles. The number of phenols is 3. The molecule has 0 fully saturated rings. The smallest absolute Gasteiger partial charge is 0.251 e. The van der Waals surface area contributed by atoms with Gasteiger partial charge in [-0.1, -0.05) is 36.8 Å². The van der Waals surface area contributed by atoms with E-state index < -0.39 is 0 Å². The van der Waals surface area contributed by atoms with E-state index in [0.29, 0.717) is 55.9 Å². The van der Waals surface area contributed by atoms with Crippen molar-refractivity contribution in [1.82, 2.24) is 10.2 Å². The predicted octanol–water partition coefficient (Wildman–Crippen LogP) is 9.43. The number of phenolic OH excluding ortho intramolecular Hbond substituents is 3. The van der Waals surface area contributed by atoms with Gasteiger partial charge in [0, 0.05) is 63.4 Å². The Labute approximate surface area is 326 Å². The van der Waals surface area contributed by atoms with Crippen LogP contribution in [0.15, 0.2) is 83.0 Å². The van der Waals surface area contributed by atoms with Crippen LogP contribution >= 0.6 is 0 Å². The van der Waals surface area contributed by atoms with Crippen LogP contribution in [0.1, 0.15) is 78.5 Å². The maximum absolute atomic E-state index is 13.0. The number of benzene rings is 5. The summed E-state index contributed by atoms with van der Waals surface area (Å²) in [6.07, 6.45) is 1.58. The topological polar surface area (TPSA) is 121 Å². The Morgan fingerprint density at radius 2 is 1.24 bits per heavy atom. The van der Waals surface area contributed by atoms with E-state index in [4.69, 9.17) is 0 Å².